The summed E-state index contributed by atoms with van der Waals surface area (Å²) in [6.07, 6.45) is 1.97. The van der Waals surface area contributed by atoms with E-state index in [-0.39, 0.29) is 4.90 Å². The van der Waals surface area contributed by atoms with Crippen LogP contribution in [0.25, 0.3) is 0 Å². The van der Waals surface area contributed by atoms with Crippen LogP contribution in [0, 0.1) is 0 Å². The molecule has 0 aliphatic heterocycles. The molecule has 0 bridgehead atoms. The molecule has 0 unspecified atom stereocenters. The summed E-state index contributed by atoms with van der Waals surface area (Å²) in [5, 5.41) is 0. The monoisotopic (exact) mass is 291 g/mol. The van der Waals surface area contributed by atoms with Gasteiger partial charge in [0.2, 0.25) is 0 Å². The lowest BCUT2D eigenvalue weighted by molar-refractivity contribution is 0.467. The zero-order chi connectivity index (χ0) is 14.6. The van der Waals surface area contributed by atoms with Crippen LogP contribution in [0.1, 0.15) is 5.56 Å². The average molecular weight is 291 g/mol. The second kappa shape index (κ2) is 6.07. The minimum atomic E-state index is -3.31. The molecule has 0 amide bonds. The van der Waals surface area contributed by atoms with E-state index in [4.69, 9.17) is 10.5 Å². The second-order valence-corrected chi connectivity index (χ2v) is 6.49. The Morgan fingerprint density at radius 2 is 1.70 bits per heavy atom. The smallest absolute Gasteiger partial charge is 0.179 e. The van der Waals surface area contributed by atoms with Crippen LogP contribution in [0.3, 0.4) is 0 Å². The lowest BCUT2D eigenvalue weighted by Crippen LogP contribution is -2.02. The van der Waals surface area contributed by atoms with Crippen molar-refractivity contribution in [2.75, 3.05) is 12.8 Å². The Hall–Kier alpha value is -1.85. The standard InChI is InChI=1S/C15H17NO3S/c1-20(17,18)15-5-3-2-4-14(15)19-13-8-6-12(7-9-13)10-11-16/h2-9H,10-11,16H2,1H3. The number of para-hydroxylation sites is 1. The summed E-state index contributed by atoms with van der Waals surface area (Å²) in [5.41, 5.74) is 6.61. The highest BCUT2D eigenvalue weighted by atomic mass is 32.2. The summed E-state index contributed by atoms with van der Waals surface area (Å²) in [5.74, 6) is 0.934. The van der Waals surface area contributed by atoms with E-state index in [1.807, 2.05) is 24.3 Å². The van der Waals surface area contributed by atoms with Gasteiger partial charge in [0.1, 0.15) is 16.4 Å². The number of ether oxygens (including phenoxy) is 1. The van der Waals surface area contributed by atoms with Crippen molar-refractivity contribution < 1.29 is 13.2 Å². The van der Waals surface area contributed by atoms with Gasteiger partial charge in [0, 0.05) is 6.26 Å². The van der Waals surface area contributed by atoms with E-state index in [1.54, 1.807) is 18.2 Å². The highest BCUT2D eigenvalue weighted by Gasteiger charge is 2.14. The number of hydrogen-bond acceptors (Lipinski definition) is 4. The van der Waals surface area contributed by atoms with Crippen molar-refractivity contribution in [3.8, 4) is 11.5 Å². The molecular formula is C15H17NO3S. The summed E-state index contributed by atoms with van der Waals surface area (Å²) >= 11 is 0. The summed E-state index contributed by atoms with van der Waals surface area (Å²) in [6, 6.07) is 14.1. The van der Waals surface area contributed by atoms with E-state index < -0.39 is 9.84 Å². The highest BCUT2D eigenvalue weighted by molar-refractivity contribution is 7.90. The van der Waals surface area contributed by atoms with E-state index in [1.165, 1.54) is 12.3 Å². The third kappa shape index (κ3) is 3.59. The van der Waals surface area contributed by atoms with E-state index in [0.717, 1.165) is 12.0 Å². The first-order valence-electron chi connectivity index (χ1n) is 6.26. The fraction of sp³-hybridized carbons (Fsp3) is 0.200. The number of hydrogen-bond donors (Lipinski definition) is 1. The minimum absolute atomic E-state index is 0.186. The van der Waals surface area contributed by atoms with Crippen molar-refractivity contribution in [2.45, 2.75) is 11.3 Å². The first kappa shape index (κ1) is 14.6. The van der Waals surface area contributed by atoms with Crippen molar-refractivity contribution >= 4 is 9.84 Å². The summed E-state index contributed by atoms with van der Waals surface area (Å²) < 4.78 is 29.0. The first-order valence-corrected chi connectivity index (χ1v) is 8.16. The Labute approximate surface area is 119 Å². The van der Waals surface area contributed by atoms with Crippen LogP contribution in [-0.4, -0.2) is 21.2 Å². The van der Waals surface area contributed by atoms with Gasteiger partial charge in [0.15, 0.2) is 9.84 Å². The third-order valence-electron chi connectivity index (χ3n) is 2.83. The molecule has 0 aromatic heterocycles. The molecule has 0 aliphatic rings. The minimum Gasteiger partial charge on any atom is -0.456 e. The van der Waals surface area contributed by atoms with Gasteiger partial charge in [-0.05, 0) is 42.8 Å². The molecule has 4 nitrogen and oxygen atoms in total. The third-order valence-corrected chi connectivity index (χ3v) is 3.97. The van der Waals surface area contributed by atoms with Gasteiger partial charge in [-0.1, -0.05) is 24.3 Å². The fourth-order valence-corrected chi connectivity index (χ4v) is 2.66. The Bertz CT molecular complexity index is 679. The summed E-state index contributed by atoms with van der Waals surface area (Å²) in [6.45, 7) is 0.594. The lowest BCUT2D eigenvalue weighted by atomic mass is 10.1. The molecule has 2 aromatic carbocycles. The molecule has 2 N–H and O–H groups in total. The quantitative estimate of drug-likeness (QED) is 0.918. The van der Waals surface area contributed by atoms with Crippen LogP contribution >= 0.6 is 0 Å². The molecule has 0 heterocycles. The van der Waals surface area contributed by atoms with Crippen LogP contribution in [-0.2, 0) is 16.3 Å². The topological polar surface area (TPSA) is 69.4 Å². The predicted molar refractivity (Wildman–Crippen MR) is 78.8 cm³/mol. The van der Waals surface area contributed by atoms with Crippen molar-refractivity contribution in [3.05, 3.63) is 54.1 Å². The normalized spacial score (nSPS) is 11.3. The predicted octanol–water partition coefficient (Wildman–Crippen LogP) is 2.38. The maximum Gasteiger partial charge on any atom is 0.179 e. The SMILES string of the molecule is CS(=O)(=O)c1ccccc1Oc1ccc(CCN)cc1. The molecule has 0 saturated carbocycles. The van der Waals surface area contributed by atoms with Gasteiger partial charge in [-0.25, -0.2) is 8.42 Å². The van der Waals surface area contributed by atoms with Crippen LogP contribution in [0.15, 0.2) is 53.4 Å². The van der Waals surface area contributed by atoms with Crippen molar-refractivity contribution in [3.63, 3.8) is 0 Å². The first-order chi connectivity index (χ1) is 9.50. The molecule has 2 rings (SSSR count). The number of sulfone groups is 1. The molecule has 0 fully saturated rings. The van der Waals surface area contributed by atoms with E-state index in [2.05, 4.69) is 0 Å². The highest BCUT2D eigenvalue weighted by Crippen LogP contribution is 2.28. The van der Waals surface area contributed by atoms with E-state index in [0.29, 0.717) is 18.0 Å². The molecule has 5 heteroatoms. The van der Waals surface area contributed by atoms with E-state index in [9.17, 15) is 8.42 Å². The van der Waals surface area contributed by atoms with Gasteiger partial charge in [-0.2, -0.15) is 0 Å². The van der Waals surface area contributed by atoms with Gasteiger partial charge >= 0.3 is 0 Å². The number of rotatable bonds is 5. The molecule has 106 valence electrons. The van der Waals surface area contributed by atoms with Gasteiger partial charge in [0.25, 0.3) is 0 Å². The zero-order valence-electron chi connectivity index (χ0n) is 11.2. The summed E-state index contributed by atoms with van der Waals surface area (Å²) in [7, 11) is -3.31. The second-order valence-electron chi connectivity index (χ2n) is 4.50. The molecule has 0 atom stereocenters. The average Bonchev–Trinajstić information content (AvgIpc) is 2.41. The molecular weight excluding hydrogens is 274 g/mol. The Morgan fingerprint density at radius 3 is 2.30 bits per heavy atom. The Balaban J connectivity index is 2.26. The summed E-state index contributed by atoms with van der Waals surface area (Å²) in [4.78, 5) is 0.186. The van der Waals surface area contributed by atoms with Crippen LogP contribution in [0.5, 0.6) is 11.5 Å². The molecule has 0 saturated heterocycles. The van der Waals surface area contributed by atoms with Crippen LogP contribution in [0.2, 0.25) is 0 Å². The largest absolute Gasteiger partial charge is 0.456 e. The van der Waals surface area contributed by atoms with Gasteiger partial charge in [-0.3, -0.25) is 0 Å². The molecule has 2 aromatic rings. The van der Waals surface area contributed by atoms with Gasteiger partial charge < -0.3 is 10.5 Å². The number of benzene rings is 2. The van der Waals surface area contributed by atoms with Crippen molar-refractivity contribution in [1.82, 2.24) is 0 Å². The van der Waals surface area contributed by atoms with Crippen molar-refractivity contribution in [1.29, 1.82) is 0 Å². The van der Waals surface area contributed by atoms with Crippen LogP contribution in [0.4, 0.5) is 0 Å². The van der Waals surface area contributed by atoms with E-state index >= 15 is 0 Å². The Kier molecular flexibility index (Phi) is 4.42. The van der Waals surface area contributed by atoms with Gasteiger partial charge in [-0.15, -0.1) is 0 Å². The molecule has 20 heavy (non-hydrogen) atoms. The Morgan fingerprint density at radius 1 is 1.05 bits per heavy atom. The maximum atomic E-state index is 11.7. The van der Waals surface area contributed by atoms with Gasteiger partial charge in [0.05, 0.1) is 0 Å². The zero-order valence-corrected chi connectivity index (χ0v) is 12.1. The molecule has 0 aliphatic carbocycles. The fourth-order valence-electron chi connectivity index (χ4n) is 1.86. The maximum absolute atomic E-state index is 11.7. The van der Waals surface area contributed by atoms with Crippen molar-refractivity contribution in [2.24, 2.45) is 5.73 Å². The number of nitrogens with two attached hydrogens (primary N) is 1. The van der Waals surface area contributed by atoms with Crippen LogP contribution < -0.4 is 10.5 Å². The molecule has 0 spiro atoms. The molecule has 0 radical (unpaired) electrons. The lowest BCUT2D eigenvalue weighted by Gasteiger charge is -2.10.